The highest BCUT2D eigenvalue weighted by molar-refractivity contribution is 6.35. The van der Waals surface area contributed by atoms with Crippen molar-refractivity contribution < 1.29 is 13.2 Å². The van der Waals surface area contributed by atoms with Crippen LogP contribution in [0, 0.1) is 0 Å². The molecule has 9 heteroatoms. The fourth-order valence-electron chi connectivity index (χ4n) is 1.77. The second-order valence-corrected chi connectivity index (χ2v) is 5.29. The largest absolute Gasteiger partial charge is 0.433 e. The number of hydrogen-bond acceptors (Lipinski definition) is 3. The van der Waals surface area contributed by atoms with E-state index in [1.165, 1.54) is 24.3 Å². The van der Waals surface area contributed by atoms with Crippen LogP contribution in [0.5, 0.6) is 0 Å². The first-order valence-corrected chi connectivity index (χ1v) is 7.00. The lowest BCUT2D eigenvalue weighted by atomic mass is 10.3. The summed E-state index contributed by atoms with van der Waals surface area (Å²) in [5.41, 5.74) is -1.94. The van der Waals surface area contributed by atoms with Crippen LogP contribution in [0.4, 0.5) is 24.8 Å². The van der Waals surface area contributed by atoms with E-state index in [1.54, 1.807) is 0 Å². The smallest absolute Gasteiger partial charge is 0.324 e. The molecule has 0 fully saturated rings. The Morgan fingerprint density at radius 1 is 1.30 bits per heavy atom. The summed E-state index contributed by atoms with van der Waals surface area (Å²) >= 11 is 11.8. The molecule has 0 bridgehead atoms. The van der Waals surface area contributed by atoms with Crippen molar-refractivity contribution in [2.75, 3.05) is 5.32 Å². The Morgan fingerprint density at radius 3 is 2.61 bits per heavy atom. The molecule has 0 atom stereocenters. The van der Waals surface area contributed by atoms with Crippen LogP contribution in [0.15, 0.2) is 41.7 Å². The van der Waals surface area contributed by atoms with E-state index in [0.29, 0.717) is 11.1 Å². The van der Waals surface area contributed by atoms with Gasteiger partial charge in [-0.3, -0.25) is 9.36 Å². The Labute approximate surface area is 139 Å². The number of nitrogens with zero attached hydrogens (tertiary/aromatic N) is 2. The average molecular weight is 364 g/mol. The molecule has 1 aromatic carbocycles. The van der Waals surface area contributed by atoms with E-state index in [-0.39, 0.29) is 23.2 Å². The molecule has 2 rings (SSSR count). The number of aromatic nitrogens is 2. The van der Waals surface area contributed by atoms with Crippen LogP contribution >= 0.6 is 23.2 Å². The van der Waals surface area contributed by atoms with Gasteiger partial charge in [0, 0.05) is 17.6 Å². The van der Waals surface area contributed by atoms with Gasteiger partial charge in [0.05, 0.1) is 10.7 Å². The number of halogens is 5. The maximum Gasteiger partial charge on any atom is 0.433 e. The van der Waals surface area contributed by atoms with Gasteiger partial charge in [-0.15, -0.1) is 6.58 Å². The standard InChI is InChI=1S/C14H10Cl2F3N3O/c1-2-5-22-12(23)7-11(14(17,18)19)21-13(22)20-10-6-8(15)3-4-9(10)16/h2-4,6-7H,1,5H2,(H,20,21). The van der Waals surface area contributed by atoms with E-state index < -0.39 is 17.4 Å². The summed E-state index contributed by atoms with van der Waals surface area (Å²) < 4.78 is 39.5. The number of rotatable bonds is 4. The van der Waals surface area contributed by atoms with Gasteiger partial charge in [0.15, 0.2) is 5.69 Å². The molecule has 0 aliphatic heterocycles. The SMILES string of the molecule is C=CCn1c(Nc2cc(Cl)ccc2Cl)nc(C(F)(F)F)cc1=O. The summed E-state index contributed by atoms with van der Waals surface area (Å²) in [6, 6.07) is 4.82. The first-order valence-electron chi connectivity index (χ1n) is 6.24. The van der Waals surface area contributed by atoms with Crippen LogP contribution in [-0.2, 0) is 12.7 Å². The normalized spacial score (nSPS) is 11.3. The van der Waals surface area contributed by atoms with Gasteiger partial charge >= 0.3 is 6.18 Å². The van der Waals surface area contributed by atoms with E-state index in [9.17, 15) is 18.0 Å². The highest BCUT2D eigenvalue weighted by atomic mass is 35.5. The van der Waals surface area contributed by atoms with Crippen LogP contribution in [0.1, 0.15) is 5.69 Å². The first-order chi connectivity index (χ1) is 10.7. The molecular formula is C14H10Cl2F3N3O. The Kier molecular flexibility index (Phi) is 5.01. The van der Waals surface area contributed by atoms with Crippen LogP contribution in [-0.4, -0.2) is 9.55 Å². The second kappa shape index (κ2) is 6.64. The van der Waals surface area contributed by atoms with Gasteiger partial charge in [0.1, 0.15) is 0 Å². The van der Waals surface area contributed by atoms with Gasteiger partial charge in [-0.25, -0.2) is 4.98 Å². The van der Waals surface area contributed by atoms with E-state index in [4.69, 9.17) is 23.2 Å². The fourth-order valence-corrected chi connectivity index (χ4v) is 2.10. The minimum absolute atomic E-state index is 0.0233. The molecule has 0 amide bonds. The lowest BCUT2D eigenvalue weighted by Gasteiger charge is -2.15. The summed E-state index contributed by atoms with van der Waals surface area (Å²) in [6.07, 6.45) is -3.39. The zero-order valence-corrected chi connectivity index (χ0v) is 13.0. The van der Waals surface area contributed by atoms with Crippen LogP contribution in [0.3, 0.4) is 0 Å². The van der Waals surface area contributed by atoms with Crippen molar-refractivity contribution in [2.45, 2.75) is 12.7 Å². The zero-order valence-electron chi connectivity index (χ0n) is 11.5. The van der Waals surface area contributed by atoms with Crippen LogP contribution in [0.25, 0.3) is 0 Å². The Morgan fingerprint density at radius 2 is 2.00 bits per heavy atom. The van der Waals surface area contributed by atoms with E-state index >= 15 is 0 Å². The van der Waals surface area contributed by atoms with Gasteiger partial charge in [0.25, 0.3) is 5.56 Å². The predicted molar refractivity (Wildman–Crippen MR) is 83.4 cm³/mol. The molecule has 2 aromatic rings. The lowest BCUT2D eigenvalue weighted by molar-refractivity contribution is -0.141. The summed E-state index contributed by atoms with van der Waals surface area (Å²) in [7, 11) is 0. The quantitative estimate of drug-likeness (QED) is 0.813. The monoisotopic (exact) mass is 363 g/mol. The van der Waals surface area contributed by atoms with Gasteiger partial charge in [-0.1, -0.05) is 29.3 Å². The summed E-state index contributed by atoms with van der Waals surface area (Å²) in [5.74, 6) is -0.311. The topological polar surface area (TPSA) is 46.9 Å². The molecule has 0 aliphatic carbocycles. The van der Waals surface area contributed by atoms with Crippen molar-refractivity contribution in [2.24, 2.45) is 0 Å². The summed E-state index contributed by atoms with van der Waals surface area (Å²) in [6.45, 7) is 3.44. The minimum atomic E-state index is -4.75. The maximum atomic E-state index is 12.8. The molecule has 0 aliphatic rings. The number of alkyl halides is 3. The minimum Gasteiger partial charge on any atom is -0.324 e. The van der Waals surface area contributed by atoms with Gasteiger partial charge in [-0.05, 0) is 18.2 Å². The molecule has 0 saturated carbocycles. The third-order valence-electron chi connectivity index (χ3n) is 2.79. The van der Waals surface area contributed by atoms with Crippen molar-refractivity contribution in [1.29, 1.82) is 0 Å². The van der Waals surface area contributed by atoms with Crippen molar-refractivity contribution in [3.05, 3.63) is 63.0 Å². The maximum absolute atomic E-state index is 12.8. The molecule has 0 unspecified atom stereocenters. The van der Waals surface area contributed by atoms with Crippen molar-refractivity contribution >= 4 is 34.8 Å². The highest BCUT2D eigenvalue weighted by Gasteiger charge is 2.34. The molecule has 1 heterocycles. The zero-order chi connectivity index (χ0) is 17.2. The summed E-state index contributed by atoms with van der Waals surface area (Å²) in [4.78, 5) is 15.4. The molecule has 1 aromatic heterocycles. The molecule has 122 valence electrons. The van der Waals surface area contributed by atoms with Crippen molar-refractivity contribution in [3.63, 3.8) is 0 Å². The van der Waals surface area contributed by atoms with Gasteiger partial charge in [0.2, 0.25) is 5.95 Å². The molecular weight excluding hydrogens is 354 g/mol. The lowest BCUT2D eigenvalue weighted by Crippen LogP contribution is -2.26. The van der Waals surface area contributed by atoms with E-state index in [2.05, 4.69) is 16.9 Å². The van der Waals surface area contributed by atoms with E-state index in [0.717, 1.165) is 4.57 Å². The summed E-state index contributed by atoms with van der Waals surface area (Å²) in [5, 5.41) is 3.14. The predicted octanol–water partition coefficient (Wildman–Crippen LogP) is 4.50. The van der Waals surface area contributed by atoms with Gasteiger partial charge in [-0.2, -0.15) is 13.2 Å². The highest BCUT2D eigenvalue weighted by Crippen LogP contribution is 2.30. The second-order valence-electron chi connectivity index (χ2n) is 4.45. The number of nitrogens with one attached hydrogen (secondary N) is 1. The third-order valence-corrected chi connectivity index (χ3v) is 3.35. The molecule has 0 saturated heterocycles. The Bertz CT molecular complexity index is 803. The molecule has 23 heavy (non-hydrogen) atoms. The molecule has 0 spiro atoms. The molecule has 4 nitrogen and oxygen atoms in total. The van der Waals surface area contributed by atoms with Crippen LogP contribution < -0.4 is 10.9 Å². The third kappa shape index (κ3) is 4.05. The number of anilines is 2. The fraction of sp³-hybridized carbons (Fsp3) is 0.143. The average Bonchev–Trinajstić information content (AvgIpc) is 2.45. The number of hydrogen-bond donors (Lipinski definition) is 1. The van der Waals surface area contributed by atoms with Gasteiger partial charge < -0.3 is 5.32 Å². The van der Waals surface area contributed by atoms with Crippen LogP contribution in [0.2, 0.25) is 10.0 Å². The molecule has 0 radical (unpaired) electrons. The van der Waals surface area contributed by atoms with Crippen molar-refractivity contribution in [1.82, 2.24) is 9.55 Å². The van der Waals surface area contributed by atoms with Crippen molar-refractivity contribution in [3.8, 4) is 0 Å². The Hall–Kier alpha value is -1.99. The number of benzene rings is 1. The molecule has 1 N–H and O–H groups in total. The number of allylic oxidation sites excluding steroid dienone is 1. The Balaban J connectivity index is 2.58. The first kappa shape index (κ1) is 17.4. The van der Waals surface area contributed by atoms with E-state index in [1.807, 2.05) is 0 Å².